The van der Waals surface area contributed by atoms with E-state index in [1.54, 1.807) is 25.3 Å². The van der Waals surface area contributed by atoms with E-state index in [9.17, 15) is 18.8 Å². The first-order valence-electron chi connectivity index (χ1n) is 10.1. The molecule has 1 amide bonds. The summed E-state index contributed by atoms with van der Waals surface area (Å²) >= 11 is 0. The number of nitriles is 1. The van der Waals surface area contributed by atoms with Gasteiger partial charge in [0.1, 0.15) is 5.82 Å². The van der Waals surface area contributed by atoms with E-state index in [1.807, 2.05) is 11.8 Å². The molecule has 0 saturated carbocycles. The first-order valence-corrected chi connectivity index (χ1v) is 10.1. The van der Waals surface area contributed by atoms with E-state index in [2.05, 4.69) is 31.4 Å². The molecule has 0 spiro atoms. The zero-order chi connectivity index (χ0) is 23.3. The van der Waals surface area contributed by atoms with Crippen LogP contribution in [0.1, 0.15) is 38.7 Å². The Morgan fingerprint density at radius 3 is 2.72 bits per heavy atom. The van der Waals surface area contributed by atoms with Gasteiger partial charge in [-0.15, -0.1) is 5.10 Å². The molecule has 1 fully saturated rings. The van der Waals surface area contributed by atoms with E-state index < -0.39 is 17.2 Å². The predicted molar refractivity (Wildman–Crippen MR) is 114 cm³/mol. The van der Waals surface area contributed by atoms with Gasteiger partial charge in [0.25, 0.3) is 0 Å². The lowest BCUT2D eigenvalue weighted by Crippen LogP contribution is -2.24. The topological polar surface area (TPSA) is 113 Å². The molecular formula is C21H22F2N8O. The van der Waals surface area contributed by atoms with Crippen LogP contribution in [0.4, 0.5) is 20.4 Å². The lowest BCUT2D eigenvalue weighted by molar-refractivity contribution is -0.114. The number of hydrogen-bond donors (Lipinski definition) is 1. The highest BCUT2D eigenvalue weighted by atomic mass is 19.3. The summed E-state index contributed by atoms with van der Waals surface area (Å²) in [6, 6.07) is 5.53. The van der Waals surface area contributed by atoms with Crippen molar-refractivity contribution in [3.8, 4) is 11.9 Å². The molecule has 3 aromatic rings. The van der Waals surface area contributed by atoms with Gasteiger partial charge in [-0.05, 0) is 20.3 Å². The number of pyridine rings is 1. The molecule has 1 saturated heterocycles. The minimum Gasteiger partial charge on any atom is -0.353 e. The molecule has 0 radical (unpaired) electrons. The first-order chi connectivity index (χ1) is 15.0. The number of carbonyl (C=O) groups is 1. The molecule has 0 aliphatic carbocycles. The van der Waals surface area contributed by atoms with Crippen molar-refractivity contribution in [3.63, 3.8) is 0 Å². The minimum absolute atomic E-state index is 0.174. The normalized spacial score (nSPS) is 18.7. The van der Waals surface area contributed by atoms with Crippen LogP contribution in [0.15, 0.2) is 18.3 Å². The van der Waals surface area contributed by atoms with Gasteiger partial charge in [-0.2, -0.15) is 14.0 Å². The number of alkyl halides is 2. The number of carbonyl (C=O) groups excluding carboxylic acids is 1. The number of aryl methyl sites for hydroxylation is 1. The monoisotopic (exact) mass is 440 g/mol. The summed E-state index contributed by atoms with van der Waals surface area (Å²) in [5.74, 6) is -3.08. The number of amides is 1. The summed E-state index contributed by atoms with van der Waals surface area (Å²) in [6.45, 7) is 6.70. The fourth-order valence-electron chi connectivity index (χ4n) is 3.74. The summed E-state index contributed by atoms with van der Waals surface area (Å²) in [7, 11) is 0. The zero-order valence-electron chi connectivity index (χ0n) is 18.1. The third kappa shape index (κ3) is 3.95. The number of fused-ring (bicyclic) bond motifs is 1. The van der Waals surface area contributed by atoms with Crippen molar-refractivity contribution in [1.29, 1.82) is 5.26 Å². The summed E-state index contributed by atoms with van der Waals surface area (Å²) in [5.41, 5.74) is 0.390. The largest absolute Gasteiger partial charge is 0.353 e. The maximum Gasteiger partial charge on any atom is 0.303 e. The summed E-state index contributed by atoms with van der Waals surface area (Å²) in [4.78, 5) is 25.7. The van der Waals surface area contributed by atoms with E-state index >= 15 is 0 Å². The van der Waals surface area contributed by atoms with E-state index in [1.165, 1.54) is 11.6 Å². The predicted octanol–water partition coefficient (Wildman–Crippen LogP) is 3.33. The molecule has 166 valence electrons. The Morgan fingerprint density at radius 2 is 2.09 bits per heavy atom. The Morgan fingerprint density at radius 1 is 1.34 bits per heavy atom. The summed E-state index contributed by atoms with van der Waals surface area (Å²) in [6.07, 6.45) is 2.25. The van der Waals surface area contributed by atoms with Crippen molar-refractivity contribution in [1.82, 2.24) is 24.7 Å². The molecule has 1 aliphatic rings. The van der Waals surface area contributed by atoms with Gasteiger partial charge in [-0.1, -0.05) is 0 Å². The highest BCUT2D eigenvalue weighted by Gasteiger charge is 2.36. The smallest absolute Gasteiger partial charge is 0.303 e. The maximum absolute atomic E-state index is 14.0. The highest BCUT2D eigenvalue weighted by Crippen LogP contribution is 2.36. The molecule has 11 heteroatoms. The first kappa shape index (κ1) is 21.5. The van der Waals surface area contributed by atoms with Crippen LogP contribution < -0.4 is 10.2 Å². The summed E-state index contributed by atoms with van der Waals surface area (Å²) in [5, 5.41) is 17.5. The molecule has 4 rings (SSSR count). The molecule has 1 N–H and O–H groups in total. The molecule has 9 nitrogen and oxygen atoms in total. The minimum atomic E-state index is -3.22. The van der Waals surface area contributed by atoms with Crippen LogP contribution in [0.3, 0.4) is 0 Å². The van der Waals surface area contributed by atoms with Crippen LogP contribution in [-0.4, -0.2) is 43.7 Å². The van der Waals surface area contributed by atoms with Gasteiger partial charge in [-0.25, -0.2) is 19.6 Å². The number of halogens is 2. The van der Waals surface area contributed by atoms with Crippen LogP contribution in [-0.2, 0) is 10.7 Å². The van der Waals surface area contributed by atoms with E-state index in [0.717, 1.165) is 6.92 Å². The van der Waals surface area contributed by atoms with Crippen LogP contribution in [0.2, 0.25) is 0 Å². The quantitative estimate of drug-likeness (QED) is 0.662. The van der Waals surface area contributed by atoms with Crippen LogP contribution in [0, 0.1) is 23.7 Å². The number of anilines is 2. The van der Waals surface area contributed by atoms with Gasteiger partial charge in [-0.3, -0.25) is 4.79 Å². The SMILES string of the molecule is CC(=O)Nc1cc2c(cn1)c(N1CCC(C)(C#N)C1)nn2-c1cc(C)nc(C(C)(F)F)n1. The Kier molecular flexibility index (Phi) is 5.03. The van der Waals surface area contributed by atoms with Crippen LogP contribution in [0.25, 0.3) is 16.7 Å². The molecule has 1 atom stereocenters. The molecule has 0 aromatic carbocycles. The van der Waals surface area contributed by atoms with Crippen molar-refractivity contribution in [2.24, 2.45) is 5.41 Å². The fourth-order valence-corrected chi connectivity index (χ4v) is 3.74. The average molecular weight is 440 g/mol. The van der Waals surface area contributed by atoms with Crippen molar-refractivity contribution < 1.29 is 13.6 Å². The number of nitrogens with one attached hydrogen (secondary N) is 1. The molecule has 0 bridgehead atoms. The Hall–Kier alpha value is -3.68. The zero-order valence-corrected chi connectivity index (χ0v) is 18.1. The van der Waals surface area contributed by atoms with Crippen molar-refractivity contribution in [3.05, 3.63) is 29.8 Å². The number of rotatable bonds is 4. The molecule has 1 unspecified atom stereocenters. The second-order valence-corrected chi connectivity index (χ2v) is 8.43. The standard InChI is InChI=1S/C21H22F2N8O/c1-12-7-17(28-19(26-12)21(4,22)23)31-15-8-16(27-13(2)32)25-9-14(15)18(29-31)30-6-5-20(3,10-24)11-30/h7-9H,5-6,11H2,1-4H3,(H,25,27,32). The van der Waals surface area contributed by atoms with E-state index in [0.29, 0.717) is 47.7 Å². The van der Waals surface area contributed by atoms with Crippen molar-refractivity contribution in [2.45, 2.75) is 40.0 Å². The number of aromatic nitrogens is 5. The van der Waals surface area contributed by atoms with Gasteiger partial charge in [0.2, 0.25) is 11.7 Å². The maximum atomic E-state index is 14.0. The molecule has 3 aromatic heterocycles. The number of nitrogens with zero attached hydrogens (tertiary/aromatic N) is 7. The van der Waals surface area contributed by atoms with E-state index in [4.69, 9.17) is 0 Å². The summed E-state index contributed by atoms with van der Waals surface area (Å²) < 4.78 is 29.4. The van der Waals surface area contributed by atoms with Gasteiger partial charge < -0.3 is 10.2 Å². The third-order valence-corrected chi connectivity index (χ3v) is 5.34. The fraction of sp³-hybridized carbons (Fsp3) is 0.429. The second kappa shape index (κ2) is 7.47. The van der Waals surface area contributed by atoms with Crippen LogP contribution in [0.5, 0.6) is 0 Å². The molecule has 1 aliphatic heterocycles. The van der Waals surface area contributed by atoms with E-state index in [-0.39, 0.29) is 11.7 Å². The van der Waals surface area contributed by atoms with Gasteiger partial charge in [0.15, 0.2) is 11.6 Å². The van der Waals surface area contributed by atoms with Crippen molar-refractivity contribution >= 4 is 28.4 Å². The third-order valence-electron chi connectivity index (χ3n) is 5.34. The lowest BCUT2D eigenvalue weighted by atomic mass is 9.92. The number of hydrogen-bond acceptors (Lipinski definition) is 7. The highest BCUT2D eigenvalue weighted by molar-refractivity contribution is 5.95. The molecular weight excluding hydrogens is 418 g/mol. The Labute approximate surface area is 183 Å². The van der Waals surface area contributed by atoms with Crippen LogP contribution >= 0.6 is 0 Å². The second-order valence-electron chi connectivity index (χ2n) is 8.43. The molecule has 32 heavy (non-hydrogen) atoms. The van der Waals surface area contributed by atoms with Crippen molar-refractivity contribution in [2.75, 3.05) is 23.3 Å². The van der Waals surface area contributed by atoms with Gasteiger partial charge in [0, 0.05) is 51.0 Å². The Balaban J connectivity index is 1.91. The molecule has 4 heterocycles. The average Bonchev–Trinajstić information content (AvgIpc) is 3.27. The Bertz CT molecular complexity index is 1260. The lowest BCUT2D eigenvalue weighted by Gasteiger charge is -2.17. The van der Waals surface area contributed by atoms with Gasteiger partial charge >= 0.3 is 5.92 Å². The van der Waals surface area contributed by atoms with Gasteiger partial charge in [0.05, 0.1) is 22.4 Å².